The summed E-state index contributed by atoms with van der Waals surface area (Å²) < 4.78 is 12.6. The summed E-state index contributed by atoms with van der Waals surface area (Å²) >= 11 is 3.51. The number of rotatable bonds is 2. The molecule has 1 N–H and O–H groups in total. The second kappa shape index (κ2) is 7.96. The van der Waals surface area contributed by atoms with Gasteiger partial charge in [0.05, 0.1) is 17.9 Å². The van der Waals surface area contributed by atoms with Gasteiger partial charge in [-0.1, -0.05) is 28.1 Å². The summed E-state index contributed by atoms with van der Waals surface area (Å²) in [5.41, 5.74) is 4.90. The van der Waals surface area contributed by atoms with E-state index in [0.29, 0.717) is 13.2 Å². The molecule has 1 amide bonds. The standard InChI is InChI=1S/C25H26BrN3O3/c1-25(2,3)32-24(30)29-10-4-5-21(29)23-27-13-20(28-23)15-6-8-18-16(11-15)14-31-22-12-17(26)7-9-19(18)22/h6-9,11-13,21H,4-5,10,14H2,1-3H3,(H,27,28)/t21-/m0/s1. The molecule has 1 aromatic heterocycles. The maximum atomic E-state index is 12.6. The van der Waals surface area contributed by atoms with Crippen molar-refractivity contribution >= 4 is 22.0 Å². The highest BCUT2D eigenvalue weighted by atomic mass is 79.9. The Hall–Kier alpha value is -2.80. The van der Waals surface area contributed by atoms with Gasteiger partial charge in [0, 0.05) is 16.6 Å². The van der Waals surface area contributed by atoms with Gasteiger partial charge in [-0.2, -0.15) is 0 Å². The molecule has 166 valence electrons. The van der Waals surface area contributed by atoms with E-state index in [1.807, 2.05) is 39.1 Å². The highest BCUT2D eigenvalue weighted by molar-refractivity contribution is 9.10. The Balaban J connectivity index is 1.40. The van der Waals surface area contributed by atoms with Gasteiger partial charge in [0.1, 0.15) is 23.8 Å². The zero-order valence-corrected chi connectivity index (χ0v) is 20.0. The molecule has 2 aromatic carbocycles. The van der Waals surface area contributed by atoms with Gasteiger partial charge >= 0.3 is 6.09 Å². The number of ether oxygens (including phenoxy) is 2. The van der Waals surface area contributed by atoms with Gasteiger partial charge in [-0.05, 0) is 74.6 Å². The molecule has 2 aliphatic heterocycles. The van der Waals surface area contributed by atoms with Crippen LogP contribution in [-0.4, -0.2) is 33.1 Å². The summed E-state index contributed by atoms with van der Waals surface area (Å²) in [5.74, 6) is 1.69. The molecule has 0 aliphatic carbocycles. The Kier molecular flexibility index (Phi) is 5.24. The minimum Gasteiger partial charge on any atom is -0.488 e. The highest BCUT2D eigenvalue weighted by Gasteiger charge is 2.34. The van der Waals surface area contributed by atoms with Gasteiger partial charge in [-0.25, -0.2) is 9.78 Å². The molecule has 0 saturated carbocycles. The Morgan fingerprint density at radius 3 is 2.84 bits per heavy atom. The van der Waals surface area contributed by atoms with Crippen molar-refractivity contribution in [3.8, 4) is 28.1 Å². The zero-order valence-electron chi connectivity index (χ0n) is 18.4. The highest BCUT2D eigenvalue weighted by Crippen LogP contribution is 2.40. The molecule has 6 nitrogen and oxygen atoms in total. The summed E-state index contributed by atoms with van der Waals surface area (Å²) in [6.45, 7) is 6.87. The first kappa shape index (κ1) is 21.1. The van der Waals surface area contributed by atoms with Crippen LogP contribution < -0.4 is 4.74 Å². The second-order valence-electron chi connectivity index (χ2n) is 9.31. The zero-order chi connectivity index (χ0) is 22.5. The fraction of sp³-hybridized carbons (Fsp3) is 0.360. The normalized spacial score (nSPS) is 17.5. The maximum absolute atomic E-state index is 12.6. The van der Waals surface area contributed by atoms with Gasteiger partial charge in [0.15, 0.2) is 0 Å². The Morgan fingerprint density at radius 1 is 1.22 bits per heavy atom. The number of likely N-dealkylation sites (tertiary alicyclic amines) is 1. The van der Waals surface area contributed by atoms with E-state index in [-0.39, 0.29) is 12.1 Å². The lowest BCUT2D eigenvalue weighted by molar-refractivity contribution is 0.0218. The molecule has 1 atom stereocenters. The summed E-state index contributed by atoms with van der Waals surface area (Å²) in [4.78, 5) is 22.5. The van der Waals surface area contributed by atoms with Crippen molar-refractivity contribution in [3.05, 3.63) is 58.5 Å². The summed E-state index contributed by atoms with van der Waals surface area (Å²) in [6, 6.07) is 12.4. The third-order valence-electron chi connectivity index (χ3n) is 5.83. The van der Waals surface area contributed by atoms with Crippen LogP contribution in [0.3, 0.4) is 0 Å². The number of aromatic nitrogens is 2. The SMILES string of the molecule is CC(C)(C)OC(=O)N1CCC[C@H]1c1ncc(-c2ccc3c(c2)COc2cc(Br)ccc2-3)[nH]1. The summed E-state index contributed by atoms with van der Waals surface area (Å²) in [6.07, 6.45) is 3.37. The van der Waals surface area contributed by atoms with Crippen molar-refractivity contribution < 1.29 is 14.3 Å². The number of H-pyrrole nitrogens is 1. The average Bonchev–Trinajstić information content (AvgIpc) is 3.41. The molecule has 0 radical (unpaired) electrons. The Labute approximate surface area is 196 Å². The first-order chi connectivity index (χ1) is 15.3. The van der Waals surface area contributed by atoms with Crippen molar-refractivity contribution in [3.63, 3.8) is 0 Å². The lowest BCUT2D eigenvalue weighted by Gasteiger charge is -2.27. The first-order valence-electron chi connectivity index (χ1n) is 10.9. The second-order valence-corrected chi connectivity index (χ2v) is 10.2. The average molecular weight is 496 g/mol. The molecule has 1 fully saturated rings. The van der Waals surface area contributed by atoms with Crippen molar-refractivity contribution in [1.82, 2.24) is 14.9 Å². The summed E-state index contributed by atoms with van der Waals surface area (Å²) in [5, 5.41) is 0. The molecule has 32 heavy (non-hydrogen) atoms. The largest absolute Gasteiger partial charge is 0.488 e. The number of imidazole rings is 1. The van der Waals surface area contributed by atoms with Crippen LogP contribution >= 0.6 is 15.9 Å². The molecule has 3 aromatic rings. The van der Waals surface area contributed by atoms with Gasteiger partial charge in [-0.3, -0.25) is 4.90 Å². The molecule has 3 heterocycles. The summed E-state index contributed by atoms with van der Waals surface area (Å²) in [7, 11) is 0. The smallest absolute Gasteiger partial charge is 0.410 e. The van der Waals surface area contributed by atoms with Crippen molar-refractivity contribution in [1.29, 1.82) is 0 Å². The van der Waals surface area contributed by atoms with Gasteiger partial charge in [0.2, 0.25) is 0 Å². The molecule has 5 rings (SSSR count). The van der Waals surface area contributed by atoms with Crippen molar-refractivity contribution in [2.24, 2.45) is 0 Å². The maximum Gasteiger partial charge on any atom is 0.410 e. The number of benzene rings is 2. The van der Waals surface area contributed by atoms with E-state index in [0.717, 1.165) is 51.3 Å². The molecular formula is C25H26BrN3O3. The van der Waals surface area contributed by atoms with E-state index < -0.39 is 5.60 Å². The van der Waals surface area contributed by atoms with Crippen LogP contribution in [0.5, 0.6) is 5.75 Å². The van der Waals surface area contributed by atoms with E-state index in [4.69, 9.17) is 9.47 Å². The molecular weight excluding hydrogens is 470 g/mol. The number of nitrogens with zero attached hydrogens (tertiary/aromatic N) is 2. The van der Waals surface area contributed by atoms with Crippen LogP contribution in [-0.2, 0) is 11.3 Å². The number of carbonyl (C=O) groups excluding carboxylic acids is 1. The van der Waals surface area contributed by atoms with Crippen LogP contribution in [0.4, 0.5) is 4.79 Å². The van der Waals surface area contributed by atoms with E-state index in [1.165, 1.54) is 5.56 Å². The number of carbonyl (C=O) groups is 1. The Morgan fingerprint density at radius 2 is 2.03 bits per heavy atom. The third-order valence-corrected chi connectivity index (χ3v) is 6.32. The Bertz CT molecular complexity index is 1180. The molecule has 7 heteroatoms. The van der Waals surface area contributed by atoms with Gasteiger partial charge < -0.3 is 14.5 Å². The van der Waals surface area contributed by atoms with Crippen LogP contribution in [0.2, 0.25) is 0 Å². The number of fused-ring (bicyclic) bond motifs is 3. The molecule has 0 bridgehead atoms. The number of aromatic amines is 1. The molecule has 0 spiro atoms. The molecule has 0 unspecified atom stereocenters. The van der Waals surface area contributed by atoms with Gasteiger partial charge in [0.25, 0.3) is 0 Å². The lowest BCUT2D eigenvalue weighted by Crippen LogP contribution is -2.36. The van der Waals surface area contributed by atoms with E-state index in [2.05, 4.69) is 50.2 Å². The number of nitrogens with one attached hydrogen (secondary N) is 1. The minimum absolute atomic E-state index is 0.0927. The number of hydrogen-bond acceptors (Lipinski definition) is 4. The molecule has 1 saturated heterocycles. The van der Waals surface area contributed by atoms with Crippen LogP contribution in [0.15, 0.2) is 47.1 Å². The fourth-order valence-electron chi connectivity index (χ4n) is 4.38. The number of hydrogen-bond donors (Lipinski definition) is 1. The monoisotopic (exact) mass is 495 g/mol. The third kappa shape index (κ3) is 4.01. The first-order valence-corrected chi connectivity index (χ1v) is 11.7. The van der Waals surface area contributed by atoms with Gasteiger partial charge in [-0.15, -0.1) is 0 Å². The van der Waals surface area contributed by atoms with Crippen molar-refractivity contribution in [2.75, 3.05) is 6.54 Å². The van der Waals surface area contributed by atoms with E-state index in [9.17, 15) is 4.79 Å². The predicted molar refractivity (Wildman–Crippen MR) is 126 cm³/mol. The van der Waals surface area contributed by atoms with Crippen LogP contribution in [0.1, 0.15) is 51.0 Å². The molecule has 2 aliphatic rings. The quantitative estimate of drug-likeness (QED) is 0.442. The lowest BCUT2D eigenvalue weighted by atomic mass is 9.95. The predicted octanol–water partition coefficient (Wildman–Crippen LogP) is 6.47. The topological polar surface area (TPSA) is 67.4 Å². The van der Waals surface area contributed by atoms with Crippen LogP contribution in [0, 0.1) is 0 Å². The fourth-order valence-corrected chi connectivity index (χ4v) is 4.72. The van der Waals surface area contributed by atoms with Crippen LogP contribution in [0.25, 0.3) is 22.4 Å². The number of halogens is 1. The van der Waals surface area contributed by atoms with Crippen molar-refractivity contribution in [2.45, 2.75) is 51.9 Å². The van der Waals surface area contributed by atoms with E-state index in [1.54, 1.807) is 4.90 Å². The van der Waals surface area contributed by atoms with E-state index >= 15 is 0 Å². The minimum atomic E-state index is -0.515. The number of amides is 1.